The van der Waals surface area contributed by atoms with Gasteiger partial charge in [-0.05, 0) is 13.0 Å². The Labute approximate surface area is 95.7 Å². The summed E-state index contributed by atoms with van der Waals surface area (Å²) in [7, 11) is 0. The van der Waals surface area contributed by atoms with Crippen LogP contribution in [0.1, 0.15) is 26.7 Å². The Kier molecular flexibility index (Phi) is 5.42. The highest BCUT2D eigenvalue weighted by Crippen LogP contribution is 2.01. The van der Waals surface area contributed by atoms with Crippen LogP contribution in [0.5, 0.6) is 0 Å². The van der Waals surface area contributed by atoms with Crippen molar-refractivity contribution >= 4 is 11.6 Å². The van der Waals surface area contributed by atoms with E-state index in [1.165, 1.54) is 6.33 Å². The van der Waals surface area contributed by atoms with Crippen LogP contribution < -0.4 is 10.6 Å². The topological polar surface area (TPSA) is 66.9 Å². The zero-order valence-electron chi connectivity index (χ0n) is 9.73. The first-order chi connectivity index (χ1) is 7.68. The molecule has 1 aromatic rings. The fourth-order valence-electron chi connectivity index (χ4n) is 1.23. The molecule has 5 heteroatoms. The van der Waals surface area contributed by atoms with Crippen LogP contribution in [0, 0.1) is 0 Å². The Morgan fingerprint density at radius 2 is 2.06 bits per heavy atom. The molecule has 1 aromatic heterocycles. The Balaban J connectivity index is 2.17. The maximum atomic E-state index is 11.5. The third-order valence-corrected chi connectivity index (χ3v) is 1.98. The van der Waals surface area contributed by atoms with Crippen molar-refractivity contribution in [3.8, 4) is 0 Å². The monoisotopic (exact) mass is 222 g/mol. The quantitative estimate of drug-likeness (QED) is 0.710. The van der Waals surface area contributed by atoms with E-state index in [0.717, 1.165) is 13.0 Å². The Bertz CT molecular complexity index is 313. The fraction of sp³-hybridized carbons (Fsp3) is 0.545. The predicted octanol–water partition coefficient (Wildman–Crippen LogP) is 1.19. The summed E-state index contributed by atoms with van der Waals surface area (Å²) in [6.07, 6.45) is 5.93. The Morgan fingerprint density at radius 3 is 2.69 bits per heavy atom. The molecule has 0 saturated heterocycles. The molecule has 0 aliphatic carbocycles. The maximum Gasteiger partial charge on any atom is 0.224 e. The zero-order chi connectivity index (χ0) is 11.8. The van der Waals surface area contributed by atoms with Crippen LogP contribution >= 0.6 is 0 Å². The lowest BCUT2D eigenvalue weighted by Gasteiger charge is -2.07. The average molecular weight is 222 g/mol. The van der Waals surface area contributed by atoms with Crippen molar-refractivity contribution in [1.82, 2.24) is 15.3 Å². The van der Waals surface area contributed by atoms with E-state index in [1.54, 1.807) is 12.4 Å². The van der Waals surface area contributed by atoms with Crippen molar-refractivity contribution in [2.24, 2.45) is 0 Å². The number of rotatable bonds is 6. The van der Waals surface area contributed by atoms with E-state index < -0.39 is 0 Å². The summed E-state index contributed by atoms with van der Waals surface area (Å²) in [4.78, 5) is 19.1. The molecule has 88 valence electrons. The van der Waals surface area contributed by atoms with E-state index in [2.05, 4.69) is 34.4 Å². The smallest absolute Gasteiger partial charge is 0.224 e. The number of carbonyl (C=O) groups is 1. The molecule has 0 saturated carbocycles. The lowest BCUT2D eigenvalue weighted by molar-refractivity contribution is -0.116. The van der Waals surface area contributed by atoms with Crippen LogP contribution in [0.25, 0.3) is 0 Å². The van der Waals surface area contributed by atoms with Crippen LogP contribution in [0.4, 0.5) is 5.69 Å². The zero-order valence-corrected chi connectivity index (χ0v) is 9.73. The van der Waals surface area contributed by atoms with Crippen molar-refractivity contribution in [2.75, 3.05) is 11.9 Å². The highest BCUT2D eigenvalue weighted by molar-refractivity contribution is 5.90. The number of anilines is 1. The second-order valence-corrected chi connectivity index (χ2v) is 3.89. The molecule has 0 atom stereocenters. The minimum atomic E-state index is 0.000330. The molecule has 1 amide bonds. The predicted molar refractivity (Wildman–Crippen MR) is 63.0 cm³/mol. The van der Waals surface area contributed by atoms with Crippen LogP contribution in [0.3, 0.4) is 0 Å². The average Bonchev–Trinajstić information content (AvgIpc) is 2.25. The molecule has 0 fully saturated rings. The molecule has 16 heavy (non-hydrogen) atoms. The number of aromatic nitrogens is 2. The summed E-state index contributed by atoms with van der Waals surface area (Å²) < 4.78 is 0. The molecular formula is C11H18N4O. The second-order valence-electron chi connectivity index (χ2n) is 3.89. The second kappa shape index (κ2) is 6.90. The van der Waals surface area contributed by atoms with Gasteiger partial charge in [0, 0.05) is 12.5 Å². The third kappa shape index (κ3) is 5.41. The molecule has 1 heterocycles. The van der Waals surface area contributed by atoms with Crippen LogP contribution in [0.2, 0.25) is 0 Å². The molecule has 5 nitrogen and oxygen atoms in total. The van der Waals surface area contributed by atoms with E-state index in [-0.39, 0.29) is 5.91 Å². The van der Waals surface area contributed by atoms with Gasteiger partial charge in [0.05, 0.1) is 18.1 Å². The van der Waals surface area contributed by atoms with Gasteiger partial charge in [-0.15, -0.1) is 0 Å². The van der Waals surface area contributed by atoms with Crippen LogP contribution in [-0.4, -0.2) is 28.5 Å². The first kappa shape index (κ1) is 12.6. The van der Waals surface area contributed by atoms with Crippen molar-refractivity contribution in [3.05, 3.63) is 18.7 Å². The van der Waals surface area contributed by atoms with E-state index in [1.807, 2.05) is 0 Å². The van der Waals surface area contributed by atoms with Gasteiger partial charge in [-0.3, -0.25) is 4.79 Å². The minimum Gasteiger partial charge on any atom is -0.323 e. The molecule has 1 rings (SSSR count). The molecule has 0 unspecified atom stereocenters. The summed E-state index contributed by atoms with van der Waals surface area (Å²) in [5.74, 6) is 0.000330. The molecular weight excluding hydrogens is 204 g/mol. The van der Waals surface area contributed by atoms with Crippen molar-refractivity contribution in [2.45, 2.75) is 32.7 Å². The van der Waals surface area contributed by atoms with Crippen LogP contribution in [-0.2, 0) is 4.79 Å². The summed E-state index contributed by atoms with van der Waals surface area (Å²) >= 11 is 0. The summed E-state index contributed by atoms with van der Waals surface area (Å²) in [5, 5.41) is 6.00. The van der Waals surface area contributed by atoms with Crippen molar-refractivity contribution < 1.29 is 4.79 Å². The van der Waals surface area contributed by atoms with Gasteiger partial charge in [-0.1, -0.05) is 13.8 Å². The lowest BCUT2D eigenvalue weighted by Crippen LogP contribution is -2.24. The van der Waals surface area contributed by atoms with Crippen molar-refractivity contribution in [3.63, 3.8) is 0 Å². The van der Waals surface area contributed by atoms with Gasteiger partial charge in [0.15, 0.2) is 0 Å². The summed E-state index contributed by atoms with van der Waals surface area (Å²) in [6, 6.07) is 0.464. The van der Waals surface area contributed by atoms with Gasteiger partial charge in [-0.2, -0.15) is 0 Å². The molecule has 0 spiro atoms. The lowest BCUT2D eigenvalue weighted by atomic mass is 10.2. The highest BCUT2D eigenvalue weighted by atomic mass is 16.1. The Hall–Kier alpha value is -1.49. The summed E-state index contributed by atoms with van der Waals surface area (Å²) in [6.45, 7) is 5.03. The molecule has 0 radical (unpaired) electrons. The van der Waals surface area contributed by atoms with E-state index in [4.69, 9.17) is 0 Å². The molecule has 0 aromatic carbocycles. The number of amides is 1. The maximum absolute atomic E-state index is 11.5. The van der Waals surface area contributed by atoms with Gasteiger partial charge in [0.1, 0.15) is 6.33 Å². The molecule has 2 N–H and O–H groups in total. The fourth-order valence-corrected chi connectivity index (χ4v) is 1.23. The van der Waals surface area contributed by atoms with Gasteiger partial charge in [0.25, 0.3) is 0 Å². The Morgan fingerprint density at radius 1 is 1.38 bits per heavy atom. The van der Waals surface area contributed by atoms with Crippen LogP contribution in [0.15, 0.2) is 18.7 Å². The molecule has 0 bridgehead atoms. The number of carbonyl (C=O) groups excluding carboxylic acids is 1. The standard InChI is InChI=1S/C11H18N4O/c1-9(2)14-5-3-4-11(16)15-10-6-12-8-13-7-10/h6-9,14H,3-5H2,1-2H3,(H,15,16). The number of hydrogen-bond donors (Lipinski definition) is 2. The highest BCUT2D eigenvalue weighted by Gasteiger charge is 2.02. The van der Waals surface area contributed by atoms with Gasteiger partial charge < -0.3 is 10.6 Å². The van der Waals surface area contributed by atoms with Gasteiger partial charge >= 0.3 is 0 Å². The molecule has 0 aliphatic heterocycles. The van der Waals surface area contributed by atoms with Crippen molar-refractivity contribution in [1.29, 1.82) is 0 Å². The summed E-state index contributed by atoms with van der Waals surface area (Å²) in [5.41, 5.74) is 0.643. The SMILES string of the molecule is CC(C)NCCCC(=O)Nc1cncnc1. The minimum absolute atomic E-state index is 0.000330. The first-order valence-electron chi connectivity index (χ1n) is 5.46. The van der Waals surface area contributed by atoms with E-state index in [0.29, 0.717) is 18.2 Å². The number of nitrogens with zero attached hydrogens (tertiary/aromatic N) is 2. The number of nitrogens with one attached hydrogen (secondary N) is 2. The largest absolute Gasteiger partial charge is 0.323 e. The molecule has 0 aliphatic rings. The third-order valence-electron chi connectivity index (χ3n) is 1.98. The van der Waals surface area contributed by atoms with E-state index >= 15 is 0 Å². The first-order valence-corrected chi connectivity index (χ1v) is 5.46. The number of hydrogen-bond acceptors (Lipinski definition) is 4. The van der Waals surface area contributed by atoms with E-state index in [9.17, 15) is 4.79 Å². The van der Waals surface area contributed by atoms with Gasteiger partial charge in [0.2, 0.25) is 5.91 Å². The van der Waals surface area contributed by atoms with Gasteiger partial charge in [-0.25, -0.2) is 9.97 Å². The normalized spacial score (nSPS) is 10.4.